The zero-order valence-electron chi connectivity index (χ0n) is 11.6. The molecule has 0 N–H and O–H groups in total. The standard InChI is InChI=1S/C16H16Cl2O3/c1-19-13-7-2-3-8-14(13)20-10-5-11-21-15-9-4-6-12(17)16(15)18/h2-4,6-9H,5,10-11H2,1H3. The van der Waals surface area contributed by atoms with E-state index < -0.39 is 0 Å². The maximum atomic E-state index is 6.04. The van der Waals surface area contributed by atoms with Gasteiger partial charge in [-0.15, -0.1) is 0 Å². The van der Waals surface area contributed by atoms with E-state index in [-0.39, 0.29) is 0 Å². The molecule has 0 aliphatic carbocycles. The van der Waals surface area contributed by atoms with Gasteiger partial charge < -0.3 is 14.2 Å². The average molecular weight is 327 g/mol. The van der Waals surface area contributed by atoms with E-state index in [9.17, 15) is 0 Å². The minimum atomic E-state index is 0.435. The predicted octanol–water partition coefficient (Wildman–Crippen LogP) is 4.85. The second-order valence-electron chi connectivity index (χ2n) is 4.25. The summed E-state index contributed by atoms with van der Waals surface area (Å²) in [6.07, 6.45) is 0.723. The Bertz CT molecular complexity index is 587. The fourth-order valence-electron chi connectivity index (χ4n) is 1.76. The summed E-state index contributed by atoms with van der Waals surface area (Å²) in [6, 6.07) is 12.8. The third-order valence-corrected chi connectivity index (χ3v) is 3.59. The van der Waals surface area contributed by atoms with E-state index in [0.29, 0.717) is 29.0 Å². The molecular weight excluding hydrogens is 311 g/mol. The van der Waals surface area contributed by atoms with Crippen molar-refractivity contribution in [2.75, 3.05) is 20.3 Å². The van der Waals surface area contributed by atoms with Crippen LogP contribution in [0, 0.1) is 0 Å². The van der Waals surface area contributed by atoms with Gasteiger partial charge in [0.25, 0.3) is 0 Å². The Morgan fingerprint density at radius 3 is 2.14 bits per heavy atom. The quantitative estimate of drug-likeness (QED) is 0.681. The molecule has 0 bridgehead atoms. The van der Waals surface area contributed by atoms with Crippen LogP contribution in [-0.4, -0.2) is 20.3 Å². The van der Waals surface area contributed by atoms with Crippen LogP contribution in [0.3, 0.4) is 0 Å². The topological polar surface area (TPSA) is 27.7 Å². The van der Waals surface area contributed by atoms with E-state index in [1.54, 1.807) is 25.3 Å². The predicted molar refractivity (Wildman–Crippen MR) is 85.1 cm³/mol. The molecule has 2 rings (SSSR count). The third kappa shape index (κ3) is 4.45. The summed E-state index contributed by atoms with van der Waals surface area (Å²) >= 11 is 12.0. The van der Waals surface area contributed by atoms with E-state index >= 15 is 0 Å². The van der Waals surface area contributed by atoms with Gasteiger partial charge in [0.1, 0.15) is 10.8 Å². The second kappa shape index (κ2) is 8.01. The lowest BCUT2D eigenvalue weighted by molar-refractivity contribution is 0.240. The van der Waals surface area contributed by atoms with Crippen LogP contribution in [-0.2, 0) is 0 Å². The van der Waals surface area contributed by atoms with E-state index in [4.69, 9.17) is 37.4 Å². The molecule has 0 aromatic heterocycles. The van der Waals surface area contributed by atoms with Gasteiger partial charge in [0.05, 0.1) is 25.3 Å². The molecule has 5 heteroatoms. The lowest BCUT2D eigenvalue weighted by Crippen LogP contribution is -2.05. The van der Waals surface area contributed by atoms with Crippen molar-refractivity contribution in [2.24, 2.45) is 0 Å². The van der Waals surface area contributed by atoms with E-state index in [1.807, 2.05) is 24.3 Å². The van der Waals surface area contributed by atoms with Crippen molar-refractivity contribution in [3.63, 3.8) is 0 Å². The summed E-state index contributed by atoms with van der Waals surface area (Å²) in [5, 5.41) is 0.921. The van der Waals surface area contributed by atoms with E-state index in [2.05, 4.69) is 0 Å². The first-order valence-electron chi connectivity index (χ1n) is 6.55. The monoisotopic (exact) mass is 326 g/mol. The van der Waals surface area contributed by atoms with Gasteiger partial charge in [0, 0.05) is 6.42 Å². The highest BCUT2D eigenvalue weighted by molar-refractivity contribution is 6.42. The lowest BCUT2D eigenvalue weighted by Gasteiger charge is -2.11. The molecule has 0 spiro atoms. The summed E-state index contributed by atoms with van der Waals surface area (Å²) < 4.78 is 16.5. The number of para-hydroxylation sites is 2. The van der Waals surface area contributed by atoms with Crippen molar-refractivity contribution in [3.8, 4) is 17.2 Å². The number of halogens is 2. The van der Waals surface area contributed by atoms with Gasteiger partial charge in [-0.2, -0.15) is 0 Å². The smallest absolute Gasteiger partial charge is 0.161 e. The Hall–Kier alpha value is -1.58. The molecule has 2 aromatic carbocycles. The highest BCUT2D eigenvalue weighted by atomic mass is 35.5. The van der Waals surface area contributed by atoms with E-state index in [0.717, 1.165) is 17.9 Å². The van der Waals surface area contributed by atoms with Crippen LogP contribution in [0.5, 0.6) is 17.2 Å². The minimum absolute atomic E-state index is 0.435. The van der Waals surface area contributed by atoms with Crippen LogP contribution in [0.15, 0.2) is 42.5 Å². The van der Waals surface area contributed by atoms with Crippen LogP contribution in [0.25, 0.3) is 0 Å². The third-order valence-electron chi connectivity index (χ3n) is 2.79. The maximum Gasteiger partial charge on any atom is 0.161 e. The van der Waals surface area contributed by atoms with E-state index in [1.165, 1.54) is 0 Å². The Kier molecular flexibility index (Phi) is 6.03. The van der Waals surface area contributed by atoms with Gasteiger partial charge in [0.15, 0.2) is 11.5 Å². The molecule has 0 heterocycles. The first kappa shape index (κ1) is 15.8. The second-order valence-corrected chi connectivity index (χ2v) is 5.04. The number of hydrogen-bond donors (Lipinski definition) is 0. The highest BCUT2D eigenvalue weighted by Crippen LogP contribution is 2.31. The summed E-state index contributed by atoms with van der Waals surface area (Å²) in [7, 11) is 1.62. The normalized spacial score (nSPS) is 10.2. The molecule has 0 saturated heterocycles. The largest absolute Gasteiger partial charge is 0.493 e. The fourth-order valence-corrected chi connectivity index (χ4v) is 2.10. The number of methoxy groups -OCH3 is 1. The number of ether oxygens (including phenoxy) is 3. The SMILES string of the molecule is COc1ccccc1OCCCOc1cccc(Cl)c1Cl. The first-order valence-corrected chi connectivity index (χ1v) is 7.30. The molecule has 2 aromatic rings. The van der Waals surface area contributed by atoms with Crippen molar-refractivity contribution < 1.29 is 14.2 Å². The summed E-state index contributed by atoms with van der Waals surface area (Å²) in [5.74, 6) is 2.03. The van der Waals surface area contributed by atoms with Crippen molar-refractivity contribution in [1.29, 1.82) is 0 Å². The Balaban J connectivity index is 1.76. The van der Waals surface area contributed by atoms with Crippen molar-refractivity contribution in [1.82, 2.24) is 0 Å². The molecule has 0 amide bonds. The first-order chi connectivity index (χ1) is 10.2. The van der Waals surface area contributed by atoms with Crippen LogP contribution in [0.2, 0.25) is 10.0 Å². The van der Waals surface area contributed by atoms with Gasteiger partial charge in [0.2, 0.25) is 0 Å². The van der Waals surface area contributed by atoms with Crippen LogP contribution in [0.4, 0.5) is 0 Å². The minimum Gasteiger partial charge on any atom is -0.493 e. The van der Waals surface area contributed by atoms with Gasteiger partial charge in [-0.1, -0.05) is 41.4 Å². The van der Waals surface area contributed by atoms with Gasteiger partial charge >= 0.3 is 0 Å². The summed E-state index contributed by atoms with van der Waals surface area (Å²) in [5.41, 5.74) is 0. The van der Waals surface area contributed by atoms with Crippen LogP contribution >= 0.6 is 23.2 Å². The summed E-state index contributed by atoms with van der Waals surface area (Å²) in [4.78, 5) is 0. The number of hydrogen-bond acceptors (Lipinski definition) is 3. The van der Waals surface area contributed by atoms with Gasteiger partial charge in [-0.3, -0.25) is 0 Å². The molecule has 0 atom stereocenters. The Morgan fingerprint density at radius 1 is 0.810 bits per heavy atom. The van der Waals surface area contributed by atoms with Crippen molar-refractivity contribution in [3.05, 3.63) is 52.5 Å². The molecule has 0 saturated carbocycles. The Morgan fingerprint density at radius 2 is 1.43 bits per heavy atom. The molecule has 3 nitrogen and oxygen atoms in total. The summed E-state index contributed by atoms with van der Waals surface area (Å²) in [6.45, 7) is 1.02. The zero-order chi connectivity index (χ0) is 15.1. The fraction of sp³-hybridized carbons (Fsp3) is 0.250. The molecule has 0 aliphatic heterocycles. The van der Waals surface area contributed by atoms with Crippen molar-refractivity contribution >= 4 is 23.2 Å². The van der Waals surface area contributed by atoms with Gasteiger partial charge in [-0.05, 0) is 24.3 Å². The average Bonchev–Trinajstić information content (AvgIpc) is 2.51. The molecule has 0 radical (unpaired) electrons. The zero-order valence-corrected chi connectivity index (χ0v) is 13.2. The van der Waals surface area contributed by atoms with Crippen molar-refractivity contribution in [2.45, 2.75) is 6.42 Å². The Labute approximate surface area is 134 Å². The number of benzene rings is 2. The molecule has 21 heavy (non-hydrogen) atoms. The molecule has 112 valence electrons. The maximum absolute atomic E-state index is 6.04. The molecule has 0 fully saturated rings. The van der Waals surface area contributed by atoms with Crippen LogP contribution in [0.1, 0.15) is 6.42 Å². The highest BCUT2D eigenvalue weighted by Gasteiger charge is 2.05. The molecular formula is C16H16Cl2O3. The number of rotatable bonds is 7. The molecule has 0 unspecified atom stereocenters. The lowest BCUT2D eigenvalue weighted by atomic mass is 10.3. The van der Waals surface area contributed by atoms with Crippen LogP contribution < -0.4 is 14.2 Å². The molecule has 0 aliphatic rings. The van der Waals surface area contributed by atoms with Gasteiger partial charge in [-0.25, -0.2) is 0 Å².